The summed E-state index contributed by atoms with van der Waals surface area (Å²) in [6.07, 6.45) is 1.07. The van der Waals surface area contributed by atoms with Crippen LogP contribution in [0.5, 0.6) is 0 Å². The summed E-state index contributed by atoms with van der Waals surface area (Å²) in [5.74, 6) is 0.440. The number of hydrogen-bond donors (Lipinski definition) is 2. The van der Waals surface area contributed by atoms with Gasteiger partial charge in [-0.1, -0.05) is 0 Å². The van der Waals surface area contributed by atoms with Crippen LogP contribution in [0.25, 0.3) is 0 Å². The molecule has 0 aliphatic carbocycles. The van der Waals surface area contributed by atoms with Gasteiger partial charge in [0.15, 0.2) is 0 Å². The Morgan fingerprint density at radius 2 is 2.27 bits per heavy atom. The first-order chi connectivity index (χ1) is 6.95. The van der Waals surface area contributed by atoms with Crippen molar-refractivity contribution in [2.45, 2.75) is 18.6 Å². The molecular weight excluding hydrogens is 214 g/mol. The molecule has 5 nitrogen and oxygen atoms in total. The molecule has 2 atom stereocenters. The smallest absolute Gasteiger partial charge is 0.215 e. The van der Waals surface area contributed by atoms with Crippen molar-refractivity contribution < 1.29 is 8.42 Å². The van der Waals surface area contributed by atoms with E-state index in [-0.39, 0.29) is 6.54 Å². The molecule has 6 heteroatoms. The molecule has 15 heavy (non-hydrogen) atoms. The average molecular weight is 235 g/mol. The summed E-state index contributed by atoms with van der Waals surface area (Å²) in [6, 6.07) is 0. The van der Waals surface area contributed by atoms with E-state index in [0.29, 0.717) is 12.5 Å². The van der Waals surface area contributed by atoms with Crippen LogP contribution in [0, 0.1) is 5.92 Å². The topological polar surface area (TPSA) is 75.4 Å². The van der Waals surface area contributed by atoms with Crippen molar-refractivity contribution in [3.8, 4) is 0 Å². The molecular formula is C9H21N3O2S. The van der Waals surface area contributed by atoms with Gasteiger partial charge in [0.1, 0.15) is 0 Å². The molecule has 3 N–H and O–H groups in total. The Labute approximate surface area is 92.1 Å². The van der Waals surface area contributed by atoms with Crippen molar-refractivity contribution in [1.82, 2.24) is 9.62 Å². The molecule has 0 amide bonds. The lowest BCUT2D eigenvalue weighted by Crippen LogP contribution is -2.39. The van der Waals surface area contributed by atoms with E-state index in [1.54, 1.807) is 6.92 Å². The highest BCUT2D eigenvalue weighted by Crippen LogP contribution is 2.13. The van der Waals surface area contributed by atoms with Gasteiger partial charge in [0.2, 0.25) is 10.0 Å². The Morgan fingerprint density at radius 1 is 1.60 bits per heavy atom. The first-order valence-corrected chi connectivity index (χ1v) is 6.87. The van der Waals surface area contributed by atoms with E-state index in [4.69, 9.17) is 5.73 Å². The molecule has 1 aliphatic heterocycles. The molecule has 1 aliphatic rings. The van der Waals surface area contributed by atoms with Crippen LogP contribution in [0.2, 0.25) is 0 Å². The molecule has 0 aromatic rings. The first kappa shape index (κ1) is 12.9. The molecule has 0 aromatic carbocycles. The molecule has 0 bridgehead atoms. The highest BCUT2D eigenvalue weighted by Gasteiger charge is 2.23. The van der Waals surface area contributed by atoms with Gasteiger partial charge in [-0.05, 0) is 32.9 Å². The van der Waals surface area contributed by atoms with Crippen molar-refractivity contribution in [1.29, 1.82) is 0 Å². The largest absolute Gasteiger partial charge is 0.329 e. The van der Waals surface area contributed by atoms with Crippen LogP contribution in [-0.2, 0) is 10.0 Å². The Bertz CT molecular complexity index is 292. The van der Waals surface area contributed by atoms with Crippen molar-refractivity contribution in [3.63, 3.8) is 0 Å². The third kappa shape index (κ3) is 3.71. The first-order valence-electron chi connectivity index (χ1n) is 5.32. The van der Waals surface area contributed by atoms with Crippen LogP contribution >= 0.6 is 0 Å². The van der Waals surface area contributed by atoms with Gasteiger partial charge < -0.3 is 10.6 Å². The van der Waals surface area contributed by atoms with Crippen LogP contribution in [0.15, 0.2) is 0 Å². The molecule has 0 spiro atoms. The molecule has 2 unspecified atom stereocenters. The zero-order chi connectivity index (χ0) is 11.5. The fourth-order valence-corrected chi connectivity index (χ4v) is 2.70. The Kier molecular flexibility index (Phi) is 4.51. The van der Waals surface area contributed by atoms with Crippen LogP contribution in [0.3, 0.4) is 0 Å². The number of rotatable bonds is 5. The van der Waals surface area contributed by atoms with Crippen LogP contribution < -0.4 is 10.5 Å². The number of nitrogens with one attached hydrogen (secondary N) is 1. The van der Waals surface area contributed by atoms with Gasteiger partial charge in [-0.3, -0.25) is 0 Å². The minimum atomic E-state index is -3.21. The standard InChI is InChI=1S/C9H21N3O2S/c1-8(5-10)15(13,14)11-6-9-3-4-12(2)7-9/h8-9,11H,3-7,10H2,1-2H3. The molecule has 1 rings (SSSR count). The SMILES string of the molecule is CC(CN)S(=O)(=O)NCC1CCN(C)C1. The fraction of sp³-hybridized carbons (Fsp3) is 1.00. The second-order valence-corrected chi connectivity index (χ2v) is 6.54. The minimum absolute atomic E-state index is 0.167. The van der Waals surface area contributed by atoms with Crippen molar-refractivity contribution >= 4 is 10.0 Å². The molecule has 90 valence electrons. The predicted molar refractivity (Wildman–Crippen MR) is 61.0 cm³/mol. The number of nitrogens with zero attached hydrogens (tertiary/aromatic N) is 1. The highest BCUT2D eigenvalue weighted by molar-refractivity contribution is 7.90. The molecule has 0 saturated carbocycles. The Morgan fingerprint density at radius 3 is 2.73 bits per heavy atom. The number of nitrogens with two attached hydrogens (primary N) is 1. The van der Waals surface area contributed by atoms with E-state index in [1.807, 2.05) is 0 Å². The van der Waals surface area contributed by atoms with Crippen molar-refractivity contribution in [2.75, 3.05) is 33.2 Å². The minimum Gasteiger partial charge on any atom is -0.329 e. The quantitative estimate of drug-likeness (QED) is 0.654. The number of sulfonamides is 1. The lowest BCUT2D eigenvalue weighted by molar-refractivity contribution is 0.394. The monoisotopic (exact) mass is 235 g/mol. The van der Waals surface area contributed by atoms with Crippen LogP contribution in [0.4, 0.5) is 0 Å². The summed E-state index contributed by atoms with van der Waals surface area (Å²) in [7, 11) is -1.16. The van der Waals surface area contributed by atoms with Gasteiger partial charge in [-0.2, -0.15) is 0 Å². The second-order valence-electron chi connectivity index (χ2n) is 4.36. The van der Waals surface area contributed by atoms with E-state index in [0.717, 1.165) is 19.5 Å². The van der Waals surface area contributed by atoms with E-state index in [1.165, 1.54) is 0 Å². The Balaban J connectivity index is 2.36. The second kappa shape index (κ2) is 5.25. The lowest BCUT2D eigenvalue weighted by atomic mass is 10.1. The summed E-state index contributed by atoms with van der Waals surface area (Å²) in [4.78, 5) is 2.21. The Hall–Kier alpha value is -0.170. The van der Waals surface area contributed by atoms with Gasteiger partial charge in [-0.25, -0.2) is 13.1 Å². The molecule has 1 heterocycles. The maximum Gasteiger partial charge on any atom is 0.215 e. The van der Waals surface area contributed by atoms with E-state index in [2.05, 4.69) is 16.7 Å². The zero-order valence-corrected chi connectivity index (χ0v) is 10.3. The normalized spacial score (nSPS) is 25.7. The molecule has 1 fully saturated rings. The van der Waals surface area contributed by atoms with Gasteiger partial charge >= 0.3 is 0 Å². The number of likely N-dealkylation sites (tertiary alicyclic amines) is 1. The molecule has 0 aromatic heterocycles. The summed E-state index contributed by atoms with van der Waals surface area (Å²) in [5, 5.41) is -0.503. The molecule has 1 saturated heterocycles. The third-order valence-corrected chi connectivity index (χ3v) is 4.74. The summed E-state index contributed by atoms with van der Waals surface area (Å²) >= 11 is 0. The van der Waals surface area contributed by atoms with E-state index >= 15 is 0 Å². The van der Waals surface area contributed by atoms with Gasteiger partial charge in [-0.15, -0.1) is 0 Å². The van der Waals surface area contributed by atoms with Crippen molar-refractivity contribution in [3.05, 3.63) is 0 Å². The van der Waals surface area contributed by atoms with E-state index < -0.39 is 15.3 Å². The van der Waals surface area contributed by atoms with E-state index in [9.17, 15) is 8.42 Å². The van der Waals surface area contributed by atoms with Crippen LogP contribution in [-0.4, -0.2) is 51.8 Å². The average Bonchev–Trinajstić information content (AvgIpc) is 2.60. The summed E-state index contributed by atoms with van der Waals surface area (Å²) in [5.41, 5.74) is 5.34. The molecule has 0 radical (unpaired) electrons. The van der Waals surface area contributed by atoms with Gasteiger partial charge in [0.05, 0.1) is 5.25 Å². The maximum atomic E-state index is 11.6. The summed E-state index contributed by atoms with van der Waals surface area (Å²) in [6.45, 7) is 4.36. The van der Waals surface area contributed by atoms with Gasteiger partial charge in [0, 0.05) is 19.6 Å². The highest BCUT2D eigenvalue weighted by atomic mass is 32.2. The predicted octanol–water partition coefficient (Wildman–Crippen LogP) is -0.795. The lowest BCUT2D eigenvalue weighted by Gasteiger charge is -2.15. The zero-order valence-electron chi connectivity index (χ0n) is 9.44. The fourth-order valence-electron chi connectivity index (χ4n) is 1.70. The third-order valence-electron chi connectivity index (χ3n) is 2.92. The number of hydrogen-bond acceptors (Lipinski definition) is 4. The van der Waals surface area contributed by atoms with Crippen LogP contribution in [0.1, 0.15) is 13.3 Å². The summed E-state index contributed by atoms with van der Waals surface area (Å²) < 4.78 is 25.8. The maximum absolute atomic E-state index is 11.6. The van der Waals surface area contributed by atoms with Crippen molar-refractivity contribution in [2.24, 2.45) is 11.7 Å². The van der Waals surface area contributed by atoms with Gasteiger partial charge in [0.25, 0.3) is 0 Å².